The minimum atomic E-state index is -1.04. The normalized spacial score (nSPS) is 57.2. The lowest BCUT2D eigenvalue weighted by Crippen LogP contribution is -2.62. The lowest BCUT2D eigenvalue weighted by atomic mass is 9.80. The van der Waals surface area contributed by atoms with Crippen LogP contribution in [0, 0.1) is 23.7 Å². The number of hydrogen-bond acceptors (Lipinski definition) is 20. The van der Waals surface area contributed by atoms with Crippen LogP contribution in [-0.2, 0) is 80.6 Å². The summed E-state index contributed by atoms with van der Waals surface area (Å²) in [4.78, 5) is 14.5. The van der Waals surface area contributed by atoms with Gasteiger partial charge in [0, 0.05) is 70.3 Å². The summed E-state index contributed by atoms with van der Waals surface area (Å²) in [5.41, 5.74) is 7.75. The van der Waals surface area contributed by atoms with Crippen molar-refractivity contribution in [3.63, 3.8) is 0 Å². The van der Waals surface area contributed by atoms with Crippen molar-refractivity contribution in [2.24, 2.45) is 29.4 Å². The van der Waals surface area contributed by atoms with Crippen molar-refractivity contribution in [1.82, 2.24) is 0 Å². The van der Waals surface area contributed by atoms with E-state index in [9.17, 15) is 15.0 Å². The van der Waals surface area contributed by atoms with Gasteiger partial charge in [-0.15, -0.1) is 0 Å². The second-order valence-electron chi connectivity index (χ2n) is 27.2. The molecule has 32 atom stereocenters. The highest BCUT2D eigenvalue weighted by Gasteiger charge is 2.70. The number of esters is 1. The summed E-state index contributed by atoms with van der Waals surface area (Å²) in [5.74, 6) is -3.11. The maximum absolute atomic E-state index is 14.5. The summed E-state index contributed by atoms with van der Waals surface area (Å²) in [6, 6.07) is 0. The van der Waals surface area contributed by atoms with Gasteiger partial charge >= 0.3 is 5.97 Å². The predicted octanol–water partition coefficient (Wildman–Crippen LogP) is 4.43. The van der Waals surface area contributed by atoms with E-state index in [1.807, 2.05) is 0 Å². The van der Waals surface area contributed by atoms with E-state index in [0.717, 1.165) is 43.3 Å². The fraction of sp³-hybridized carbons (Fsp3) is 0.915. The van der Waals surface area contributed by atoms with Gasteiger partial charge in [-0.25, -0.2) is 0 Å². The Morgan fingerprint density at radius 3 is 2.08 bits per heavy atom. The maximum Gasteiger partial charge on any atom is 0.308 e. The number of ether oxygens (including phenoxy) is 16. The molecular formula is C59H85NO19. The second kappa shape index (κ2) is 20.2. The van der Waals surface area contributed by atoms with E-state index in [-0.39, 0.29) is 128 Å². The van der Waals surface area contributed by atoms with E-state index in [1.54, 1.807) is 0 Å². The fourth-order valence-electron chi connectivity index (χ4n) is 17.6. The molecule has 2 unspecified atom stereocenters. The van der Waals surface area contributed by atoms with Crippen LogP contribution < -0.4 is 5.73 Å². The third kappa shape index (κ3) is 9.41. The number of rotatable bonds is 4. The molecule has 0 aromatic rings. The van der Waals surface area contributed by atoms with Crippen LogP contribution in [-0.4, -0.2) is 193 Å². The average molecular weight is 1110 g/mol. The highest BCUT2D eigenvalue weighted by Crippen LogP contribution is 2.57. The van der Waals surface area contributed by atoms with Crippen LogP contribution in [0.3, 0.4) is 0 Å². The molecule has 0 amide bonds. The largest absolute Gasteiger partial charge is 0.459 e. The van der Waals surface area contributed by atoms with Crippen molar-refractivity contribution in [2.75, 3.05) is 6.54 Å². The van der Waals surface area contributed by atoms with Crippen molar-refractivity contribution < 1.29 is 90.8 Å². The van der Waals surface area contributed by atoms with Crippen molar-refractivity contribution in [1.29, 1.82) is 0 Å². The molecular weight excluding hydrogens is 1030 g/mol. The summed E-state index contributed by atoms with van der Waals surface area (Å²) < 4.78 is 110. The number of hydrogen-bond donors (Lipinski definition) is 3. The minimum Gasteiger partial charge on any atom is -0.459 e. The Labute approximate surface area is 462 Å². The van der Waals surface area contributed by atoms with Gasteiger partial charge in [0.05, 0.1) is 91.9 Å². The molecule has 4 N–H and O–H groups in total. The Morgan fingerprint density at radius 2 is 1.23 bits per heavy atom. The van der Waals surface area contributed by atoms with Gasteiger partial charge in [-0.1, -0.05) is 40.9 Å². The molecule has 12 bridgehead atoms. The van der Waals surface area contributed by atoms with Crippen LogP contribution in [0.15, 0.2) is 24.3 Å². The van der Waals surface area contributed by atoms with E-state index in [4.69, 9.17) is 81.5 Å². The van der Waals surface area contributed by atoms with Crippen LogP contribution in [0.4, 0.5) is 0 Å². The molecule has 79 heavy (non-hydrogen) atoms. The van der Waals surface area contributed by atoms with Gasteiger partial charge < -0.3 is 91.7 Å². The number of carbonyl (C=O) groups is 1. The smallest absolute Gasteiger partial charge is 0.308 e. The molecule has 16 fully saturated rings. The third-order valence-corrected chi connectivity index (χ3v) is 21.5. The molecule has 0 aliphatic carbocycles. The molecule has 20 nitrogen and oxygen atoms in total. The Kier molecular flexibility index (Phi) is 13.8. The topological polar surface area (TPSA) is 231 Å². The fourth-order valence-corrected chi connectivity index (χ4v) is 17.6. The number of aliphatic hydroxyl groups excluding tert-OH is 2. The van der Waals surface area contributed by atoms with Crippen LogP contribution in [0.25, 0.3) is 0 Å². The Hall–Kier alpha value is -1.77. The molecule has 0 aromatic heterocycles. The third-order valence-electron chi connectivity index (χ3n) is 21.5. The zero-order chi connectivity index (χ0) is 54.0. The first kappa shape index (κ1) is 53.9. The summed E-state index contributed by atoms with van der Waals surface area (Å²) in [6.45, 7) is 17.7. The summed E-state index contributed by atoms with van der Waals surface area (Å²) in [6.07, 6.45) is -0.242. The van der Waals surface area contributed by atoms with Crippen molar-refractivity contribution in [3.8, 4) is 0 Å². The molecule has 16 heterocycles. The SMILES string of the molecule is C=C1C[C@@H]2CC[C@@]34CC5O[C@H]6[C@@H](O3)[C@H]3O[C@H](CC[C@@H]3O[C@H]6C5O4)CC(=O)O[C@@H]3[C@@H](C)[C@@H]4O[C@@H]5C[C@]6(C[C@@H]7O[C@]8(C[C@H](C)[C@@H]9O[C@H]([C@@H](O)C[C@@H](O)CN)C[C@@H]9O8)C[C@H](C)[C@@H]7O6)O[C@@H]5O[C@@H]4O[C@H]3C[C@H]3O[C@@H](CC[C@@H]1O2)C[C@@H](C)C3=C. The first-order valence-electron chi connectivity index (χ1n) is 30.6. The lowest BCUT2D eigenvalue weighted by Gasteiger charge is -2.50. The Morgan fingerprint density at radius 1 is 0.532 bits per heavy atom. The standard InChI is InChI=1S/C59H85NO19/c1-25-13-32-7-9-36-26(2)14-34(64-36)11-12-57-21-42-51(77-57)52-53(69-42)54(78-57)50-37(67-52)10-8-33(66-50)16-45(63)72-48-30(6)49-56(71-40(48)17-38(65-32)29(25)5)73-55-44(70-49)23-59(79-55)22-43-47(76-59)28(4)20-58(75-43)19-27(3)46-41(74-58)18-39(68-46)35(62)15-31(61)24-60/h25,27-28,30-44,46-56,61-62H,2,5,7-24,60H2,1,3-4,6H3/t25-,27+,28+,30-,31-,32+,33-,34+,35+,36+,37+,38-,39+,40+,41+,42?,43+,44-,46+,47+,48-,49+,50+,51?,52+,53-,54+,55+,56+,57+,58-,59+/m1/s1. The van der Waals surface area contributed by atoms with Crippen molar-refractivity contribution in [3.05, 3.63) is 24.3 Å². The predicted molar refractivity (Wildman–Crippen MR) is 272 cm³/mol. The summed E-state index contributed by atoms with van der Waals surface area (Å²) in [5, 5.41) is 21.1. The maximum atomic E-state index is 14.5. The van der Waals surface area contributed by atoms with Crippen molar-refractivity contribution in [2.45, 2.75) is 307 Å². The van der Waals surface area contributed by atoms with Crippen LogP contribution >= 0.6 is 0 Å². The number of aliphatic hydroxyl groups is 2. The number of fused-ring (bicyclic) bond motifs is 10. The molecule has 16 aliphatic heterocycles. The molecule has 440 valence electrons. The molecule has 16 aliphatic rings. The zero-order valence-corrected chi connectivity index (χ0v) is 46.3. The molecule has 16 rings (SSSR count). The number of carbonyl (C=O) groups excluding carboxylic acids is 1. The minimum absolute atomic E-state index is 0.00483. The van der Waals surface area contributed by atoms with Gasteiger partial charge in [-0.05, 0) is 73.8 Å². The van der Waals surface area contributed by atoms with Crippen LogP contribution in [0.5, 0.6) is 0 Å². The Balaban J connectivity index is 0.655. The van der Waals surface area contributed by atoms with E-state index < -0.39 is 91.0 Å². The molecule has 0 radical (unpaired) electrons. The molecule has 3 spiro atoms. The highest BCUT2D eigenvalue weighted by molar-refractivity contribution is 5.70. The van der Waals surface area contributed by atoms with Gasteiger partial charge in [0.2, 0.25) is 0 Å². The van der Waals surface area contributed by atoms with E-state index >= 15 is 0 Å². The second-order valence-corrected chi connectivity index (χ2v) is 27.2. The van der Waals surface area contributed by atoms with E-state index in [2.05, 4.69) is 40.9 Å². The monoisotopic (exact) mass is 1110 g/mol. The highest BCUT2D eigenvalue weighted by atomic mass is 16.9. The van der Waals surface area contributed by atoms with Crippen LogP contribution in [0.2, 0.25) is 0 Å². The van der Waals surface area contributed by atoms with Crippen LogP contribution in [0.1, 0.15) is 137 Å². The zero-order valence-electron chi connectivity index (χ0n) is 46.3. The molecule has 20 heteroatoms. The summed E-state index contributed by atoms with van der Waals surface area (Å²) in [7, 11) is 0. The van der Waals surface area contributed by atoms with Gasteiger partial charge in [0.25, 0.3) is 0 Å². The Bertz CT molecular complexity index is 2350. The van der Waals surface area contributed by atoms with E-state index in [1.165, 1.54) is 0 Å². The summed E-state index contributed by atoms with van der Waals surface area (Å²) >= 11 is 0. The molecule has 0 saturated carbocycles. The lowest BCUT2D eigenvalue weighted by molar-refractivity contribution is -0.392. The van der Waals surface area contributed by atoms with Gasteiger partial charge in [-0.3, -0.25) is 4.79 Å². The first-order chi connectivity index (χ1) is 38.0. The van der Waals surface area contributed by atoms with Gasteiger partial charge in [0.15, 0.2) is 29.9 Å². The number of nitrogens with two attached hydrogens (primary N) is 1. The molecule has 0 aromatic carbocycles. The average Bonchev–Trinajstić information content (AvgIpc) is 4.25. The van der Waals surface area contributed by atoms with Crippen molar-refractivity contribution >= 4 is 5.97 Å². The van der Waals surface area contributed by atoms with Gasteiger partial charge in [0.1, 0.15) is 54.9 Å². The molecule has 16 saturated heterocycles. The van der Waals surface area contributed by atoms with E-state index in [0.29, 0.717) is 64.2 Å². The van der Waals surface area contributed by atoms with Gasteiger partial charge in [-0.2, -0.15) is 0 Å². The quantitative estimate of drug-likeness (QED) is 0.261. The first-order valence-corrected chi connectivity index (χ1v) is 30.6.